The van der Waals surface area contributed by atoms with Gasteiger partial charge in [-0.3, -0.25) is 9.59 Å². The fourth-order valence-corrected chi connectivity index (χ4v) is 5.32. The van der Waals surface area contributed by atoms with Gasteiger partial charge in [0.2, 0.25) is 10.0 Å². The summed E-state index contributed by atoms with van der Waals surface area (Å²) < 4.78 is 37.6. The number of hydrogen-bond donors (Lipinski definition) is 2. The first-order valence-corrected chi connectivity index (χ1v) is 11.8. The Labute approximate surface area is 193 Å². The van der Waals surface area contributed by atoms with Crippen LogP contribution >= 0.6 is 0 Å². The number of aliphatic hydroxyl groups is 1. The summed E-state index contributed by atoms with van der Waals surface area (Å²) in [4.78, 5) is 25.0. The van der Waals surface area contributed by atoms with Gasteiger partial charge in [0.25, 0.3) is 5.91 Å². The second-order valence-corrected chi connectivity index (χ2v) is 9.98. The summed E-state index contributed by atoms with van der Waals surface area (Å²) in [5.41, 5.74) is 3.05. The monoisotopic (exact) mass is 476 g/mol. The van der Waals surface area contributed by atoms with Gasteiger partial charge in [-0.1, -0.05) is 12.1 Å². The van der Waals surface area contributed by atoms with E-state index in [1.54, 1.807) is 25.1 Å². The molecule has 2 atom stereocenters. The second-order valence-electron chi connectivity index (χ2n) is 8.09. The van der Waals surface area contributed by atoms with Crippen molar-refractivity contribution in [3.63, 3.8) is 0 Å². The van der Waals surface area contributed by atoms with Crippen LogP contribution in [0, 0.1) is 20.8 Å². The summed E-state index contributed by atoms with van der Waals surface area (Å²) in [6.07, 6.45) is -1.13. The Bertz CT molecular complexity index is 1160. The number of amides is 1. The van der Waals surface area contributed by atoms with Crippen LogP contribution in [0.3, 0.4) is 0 Å². The zero-order valence-electron chi connectivity index (χ0n) is 19.0. The van der Waals surface area contributed by atoms with Gasteiger partial charge in [-0.25, -0.2) is 8.42 Å². The van der Waals surface area contributed by atoms with Gasteiger partial charge in [-0.05, 0) is 61.7 Å². The van der Waals surface area contributed by atoms with Crippen molar-refractivity contribution in [2.45, 2.75) is 44.2 Å². The van der Waals surface area contributed by atoms with Crippen LogP contribution in [0.5, 0.6) is 5.75 Å². The first-order chi connectivity index (χ1) is 15.5. The molecule has 0 spiro atoms. The zero-order chi connectivity index (χ0) is 24.3. The minimum absolute atomic E-state index is 0.0294. The molecular formula is C23H28N2O7S. The predicted molar refractivity (Wildman–Crippen MR) is 122 cm³/mol. The minimum Gasteiger partial charge on any atom is -0.495 e. The van der Waals surface area contributed by atoms with Gasteiger partial charge in [-0.2, -0.15) is 4.31 Å². The van der Waals surface area contributed by atoms with Crippen molar-refractivity contribution in [3.05, 3.63) is 53.1 Å². The highest BCUT2D eigenvalue weighted by Gasteiger charge is 2.44. The summed E-state index contributed by atoms with van der Waals surface area (Å²) in [5.74, 6) is -1.05. The van der Waals surface area contributed by atoms with Crippen molar-refractivity contribution in [2.24, 2.45) is 0 Å². The van der Waals surface area contributed by atoms with Crippen LogP contribution in [0.1, 0.15) is 23.1 Å². The molecule has 1 aliphatic heterocycles. The maximum Gasteiger partial charge on any atom is 0.325 e. The molecule has 3 rings (SSSR count). The van der Waals surface area contributed by atoms with E-state index >= 15 is 0 Å². The lowest BCUT2D eigenvalue weighted by molar-refractivity contribution is -0.150. The predicted octanol–water partition coefficient (Wildman–Crippen LogP) is 1.93. The van der Waals surface area contributed by atoms with Crippen LogP contribution in [0.2, 0.25) is 0 Å². The van der Waals surface area contributed by atoms with Gasteiger partial charge >= 0.3 is 5.97 Å². The molecule has 0 saturated carbocycles. The molecule has 1 saturated heterocycles. The molecule has 2 aromatic rings. The quantitative estimate of drug-likeness (QED) is 0.586. The molecule has 0 aliphatic carbocycles. The molecule has 2 aromatic carbocycles. The van der Waals surface area contributed by atoms with Crippen LogP contribution in [-0.2, 0) is 24.3 Å². The van der Waals surface area contributed by atoms with Gasteiger partial charge < -0.3 is 19.9 Å². The van der Waals surface area contributed by atoms with Crippen molar-refractivity contribution in [3.8, 4) is 5.75 Å². The number of carbonyl (C=O) groups excluding carboxylic acids is 2. The third-order valence-corrected chi connectivity index (χ3v) is 7.44. The Morgan fingerprint density at radius 1 is 1.12 bits per heavy atom. The number of β-amino-alcohol motifs (C(OH)–C–C–N with tert-alkyl or cyclic N) is 1. The number of nitrogens with zero attached hydrogens (tertiary/aromatic N) is 1. The molecule has 9 nitrogen and oxygen atoms in total. The molecule has 178 valence electrons. The summed E-state index contributed by atoms with van der Waals surface area (Å²) in [6.45, 7) is 4.66. The van der Waals surface area contributed by atoms with E-state index in [0.29, 0.717) is 11.4 Å². The van der Waals surface area contributed by atoms with Gasteiger partial charge in [0.1, 0.15) is 11.8 Å². The van der Waals surface area contributed by atoms with Crippen LogP contribution in [0.4, 0.5) is 5.69 Å². The number of benzene rings is 2. The maximum atomic E-state index is 13.2. The number of aryl methyl sites for hydroxylation is 3. The summed E-state index contributed by atoms with van der Waals surface area (Å²) in [5, 5.41) is 12.7. The molecule has 1 unspecified atom stereocenters. The zero-order valence-corrected chi connectivity index (χ0v) is 19.8. The number of hydrogen-bond acceptors (Lipinski definition) is 7. The number of methoxy groups -OCH3 is 1. The van der Waals surface area contributed by atoms with E-state index in [1.807, 2.05) is 19.9 Å². The molecule has 0 radical (unpaired) electrons. The van der Waals surface area contributed by atoms with Crippen molar-refractivity contribution >= 4 is 27.6 Å². The summed E-state index contributed by atoms with van der Waals surface area (Å²) >= 11 is 0. The summed E-state index contributed by atoms with van der Waals surface area (Å²) in [7, 11) is -2.58. The number of carbonyl (C=O) groups is 2. The average molecular weight is 477 g/mol. The highest BCUT2D eigenvalue weighted by molar-refractivity contribution is 7.89. The number of nitrogens with one attached hydrogen (secondary N) is 1. The Morgan fingerprint density at radius 2 is 1.85 bits per heavy atom. The average Bonchev–Trinajstić information content (AvgIpc) is 3.16. The molecule has 1 amide bonds. The molecule has 2 N–H and O–H groups in total. The number of sulfonamides is 1. The third kappa shape index (κ3) is 5.52. The Morgan fingerprint density at radius 3 is 2.52 bits per heavy atom. The van der Waals surface area contributed by atoms with Gasteiger partial charge in [0, 0.05) is 13.0 Å². The van der Waals surface area contributed by atoms with Gasteiger partial charge in [-0.15, -0.1) is 0 Å². The Hall–Kier alpha value is -2.95. The molecule has 0 bridgehead atoms. The van der Waals surface area contributed by atoms with Crippen LogP contribution in [0.25, 0.3) is 0 Å². The van der Waals surface area contributed by atoms with E-state index in [2.05, 4.69) is 5.32 Å². The molecule has 1 heterocycles. The number of anilines is 1. The van der Waals surface area contributed by atoms with E-state index in [-0.39, 0.29) is 17.9 Å². The maximum absolute atomic E-state index is 13.2. The second kappa shape index (κ2) is 9.90. The molecule has 0 aromatic heterocycles. The summed E-state index contributed by atoms with van der Waals surface area (Å²) in [6, 6.07) is 8.69. The van der Waals surface area contributed by atoms with Crippen molar-refractivity contribution in [1.29, 1.82) is 0 Å². The highest BCUT2D eigenvalue weighted by atomic mass is 32.2. The molecule has 10 heteroatoms. The molecule has 1 aliphatic rings. The highest BCUT2D eigenvalue weighted by Crippen LogP contribution is 2.28. The number of aliphatic hydroxyl groups excluding tert-OH is 1. The smallest absolute Gasteiger partial charge is 0.325 e. The lowest BCUT2D eigenvalue weighted by Crippen LogP contribution is -2.42. The van der Waals surface area contributed by atoms with Crippen LogP contribution < -0.4 is 10.1 Å². The topological polar surface area (TPSA) is 122 Å². The minimum atomic E-state index is -4.05. The van der Waals surface area contributed by atoms with Gasteiger partial charge in [0.05, 0.1) is 23.8 Å². The number of ether oxygens (including phenoxy) is 2. The third-order valence-electron chi connectivity index (χ3n) is 5.57. The van der Waals surface area contributed by atoms with Crippen molar-refractivity contribution in [2.75, 3.05) is 25.6 Å². The first kappa shape index (κ1) is 24.7. The standard InChI is InChI=1S/C23H28N2O7S/c1-14-5-8-21(31-4)19(9-14)24-22(27)13-32-23(28)20-11-17(26)12-25(20)33(29,30)18-7-6-15(2)16(3)10-18/h5-10,17,20,26H,11-13H2,1-4H3,(H,24,27)/t17?,20-/m0/s1. The van der Waals surface area contributed by atoms with Gasteiger partial charge in [0.15, 0.2) is 6.61 Å². The normalized spacial score (nSPS) is 18.7. The Balaban J connectivity index is 1.70. The van der Waals surface area contributed by atoms with Crippen LogP contribution in [-0.4, -0.2) is 62.1 Å². The lowest BCUT2D eigenvalue weighted by atomic mass is 10.1. The largest absolute Gasteiger partial charge is 0.495 e. The Kier molecular flexibility index (Phi) is 7.41. The number of rotatable bonds is 7. The molecule has 1 fully saturated rings. The molecular weight excluding hydrogens is 448 g/mol. The fourth-order valence-electron chi connectivity index (χ4n) is 3.61. The lowest BCUT2D eigenvalue weighted by Gasteiger charge is -2.22. The van der Waals surface area contributed by atoms with E-state index in [4.69, 9.17) is 9.47 Å². The van der Waals surface area contributed by atoms with Crippen LogP contribution in [0.15, 0.2) is 41.3 Å². The molecule has 33 heavy (non-hydrogen) atoms. The van der Waals surface area contributed by atoms with E-state index in [1.165, 1.54) is 19.2 Å². The van der Waals surface area contributed by atoms with Crippen molar-refractivity contribution < 1.29 is 32.6 Å². The van der Waals surface area contributed by atoms with Crippen molar-refractivity contribution in [1.82, 2.24) is 4.31 Å². The van der Waals surface area contributed by atoms with E-state index < -0.39 is 40.7 Å². The SMILES string of the molecule is COc1ccc(C)cc1NC(=O)COC(=O)[C@@H]1CC(O)CN1S(=O)(=O)c1ccc(C)c(C)c1. The first-order valence-electron chi connectivity index (χ1n) is 10.4. The van der Waals surface area contributed by atoms with E-state index in [0.717, 1.165) is 21.0 Å². The van der Waals surface area contributed by atoms with E-state index in [9.17, 15) is 23.1 Å². The fraction of sp³-hybridized carbons (Fsp3) is 0.391. The number of esters is 1.